The molecule has 2 aromatic heterocycles. The first-order chi connectivity index (χ1) is 12.7. The van der Waals surface area contributed by atoms with Crippen LogP contribution in [-0.4, -0.2) is 14.5 Å². The Morgan fingerprint density at radius 1 is 1.00 bits per heavy atom. The van der Waals surface area contributed by atoms with Crippen LogP contribution in [0.4, 0.5) is 11.5 Å². The topological polar surface area (TPSA) is 59.8 Å². The summed E-state index contributed by atoms with van der Waals surface area (Å²) in [7, 11) is 0. The van der Waals surface area contributed by atoms with Crippen molar-refractivity contribution in [2.24, 2.45) is 0 Å². The summed E-state index contributed by atoms with van der Waals surface area (Å²) in [5, 5.41) is 3.73. The highest BCUT2D eigenvalue weighted by Gasteiger charge is 2.12. The molecule has 2 aromatic carbocycles. The molecule has 26 heavy (non-hydrogen) atoms. The van der Waals surface area contributed by atoms with Crippen molar-refractivity contribution in [1.29, 1.82) is 0 Å². The Kier molecular flexibility index (Phi) is 4.37. The van der Waals surface area contributed by atoms with Crippen LogP contribution in [0.3, 0.4) is 0 Å². The van der Waals surface area contributed by atoms with Gasteiger partial charge in [0.1, 0.15) is 0 Å². The average molecular weight is 363 g/mol. The molecule has 0 spiro atoms. The van der Waals surface area contributed by atoms with E-state index in [4.69, 9.17) is 11.6 Å². The van der Waals surface area contributed by atoms with Crippen molar-refractivity contribution in [1.82, 2.24) is 14.5 Å². The number of rotatable bonds is 4. The number of anilines is 2. The molecule has 0 bridgehead atoms. The number of hydrogen-bond acceptors (Lipinski definition) is 4. The van der Waals surface area contributed by atoms with E-state index in [1.165, 1.54) is 0 Å². The van der Waals surface area contributed by atoms with Gasteiger partial charge in [0.05, 0.1) is 23.8 Å². The summed E-state index contributed by atoms with van der Waals surface area (Å²) in [4.78, 5) is 21.7. The summed E-state index contributed by atoms with van der Waals surface area (Å²) in [6, 6.07) is 18.8. The maximum atomic E-state index is 13.0. The highest BCUT2D eigenvalue weighted by Crippen LogP contribution is 2.18. The van der Waals surface area contributed by atoms with Gasteiger partial charge in [-0.15, -0.1) is 0 Å². The summed E-state index contributed by atoms with van der Waals surface area (Å²) >= 11 is 5.92. The molecule has 0 saturated heterocycles. The molecule has 4 rings (SSSR count). The number of benzene rings is 2. The standard InChI is InChI=1S/C20H15ClN4O/c21-15-6-8-16(9-7-15)23-19-20(26)25(13-14-4-2-1-3-5-14)18-12-22-11-10-17(18)24-19/h1-12H,13H2,(H,23,24). The molecule has 0 radical (unpaired) electrons. The molecule has 0 aliphatic heterocycles. The molecule has 0 saturated carbocycles. The van der Waals surface area contributed by atoms with E-state index in [2.05, 4.69) is 15.3 Å². The smallest absolute Gasteiger partial charge is 0.294 e. The summed E-state index contributed by atoms with van der Waals surface area (Å²) in [5.41, 5.74) is 2.97. The lowest BCUT2D eigenvalue weighted by atomic mass is 10.2. The molecule has 0 atom stereocenters. The molecular weight excluding hydrogens is 348 g/mol. The van der Waals surface area contributed by atoms with Gasteiger partial charge in [-0.2, -0.15) is 0 Å². The fraction of sp³-hybridized carbons (Fsp3) is 0.0500. The van der Waals surface area contributed by atoms with Gasteiger partial charge in [-0.25, -0.2) is 4.98 Å². The third-order valence-corrected chi connectivity index (χ3v) is 4.29. The lowest BCUT2D eigenvalue weighted by molar-refractivity contribution is 0.788. The Morgan fingerprint density at radius 3 is 2.54 bits per heavy atom. The van der Waals surface area contributed by atoms with Gasteiger partial charge in [-0.3, -0.25) is 14.3 Å². The molecule has 5 nitrogen and oxygen atoms in total. The predicted octanol–water partition coefficient (Wildman–Crippen LogP) is 4.24. The van der Waals surface area contributed by atoms with Crippen LogP contribution in [0.15, 0.2) is 77.9 Å². The second-order valence-corrected chi connectivity index (χ2v) is 6.27. The Balaban J connectivity index is 1.82. The Labute approximate surface area is 154 Å². The number of aromatic nitrogens is 3. The fourth-order valence-electron chi connectivity index (χ4n) is 2.76. The zero-order valence-electron chi connectivity index (χ0n) is 13.8. The van der Waals surface area contributed by atoms with Crippen LogP contribution in [0.2, 0.25) is 5.02 Å². The van der Waals surface area contributed by atoms with Crippen LogP contribution in [0, 0.1) is 0 Å². The Bertz CT molecular complexity index is 1110. The molecule has 4 aromatic rings. The third kappa shape index (κ3) is 3.30. The molecule has 0 amide bonds. The van der Waals surface area contributed by atoms with E-state index in [1.54, 1.807) is 35.2 Å². The van der Waals surface area contributed by atoms with E-state index in [-0.39, 0.29) is 11.4 Å². The van der Waals surface area contributed by atoms with Gasteiger partial charge in [0, 0.05) is 16.9 Å². The molecule has 6 heteroatoms. The lowest BCUT2D eigenvalue weighted by Crippen LogP contribution is -2.25. The van der Waals surface area contributed by atoms with Crippen molar-refractivity contribution in [3.63, 3.8) is 0 Å². The van der Waals surface area contributed by atoms with Crippen LogP contribution in [0.1, 0.15) is 5.56 Å². The van der Waals surface area contributed by atoms with Crippen molar-refractivity contribution in [3.05, 3.63) is 94.0 Å². The Hall–Kier alpha value is -3.18. The van der Waals surface area contributed by atoms with Crippen molar-refractivity contribution in [2.45, 2.75) is 6.54 Å². The minimum absolute atomic E-state index is 0.204. The summed E-state index contributed by atoms with van der Waals surface area (Å²) in [5.74, 6) is 0.266. The molecule has 2 heterocycles. The summed E-state index contributed by atoms with van der Waals surface area (Å²) in [6.45, 7) is 0.444. The van der Waals surface area contributed by atoms with Crippen molar-refractivity contribution >= 4 is 34.1 Å². The van der Waals surface area contributed by atoms with Crippen LogP contribution in [-0.2, 0) is 6.54 Å². The van der Waals surface area contributed by atoms with Crippen LogP contribution in [0.25, 0.3) is 11.0 Å². The molecule has 0 aliphatic rings. The van der Waals surface area contributed by atoms with Crippen LogP contribution in [0.5, 0.6) is 0 Å². The van der Waals surface area contributed by atoms with Gasteiger partial charge in [0.15, 0.2) is 5.82 Å². The minimum atomic E-state index is -0.204. The predicted molar refractivity (Wildman–Crippen MR) is 104 cm³/mol. The number of hydrogen-bond donors (Lipinski definition) is 1. The second kappa shape index (κ2) is 6.98. The van der Waals surface area contributed by atoms with Gasteiger partial charge in [0.25, 0.3) is 5.56 Å². The first-order valence-electron chi connectivity index (χ1n) is 8.12. The first-order valence-corrected chi connectivity index (χ1v) is 8.49. The minimum Gasteiger partial charge on any atom is -0.336 e. The SMILES string of the molecule is O=c1c(Nc2ccc(Cl)cc2)nc2ccncc2n1Cc1ccccc1. The molecular formula is C20H15ClN4O. The van der Waals surface area contributed by atoms with Gasteiger partial charge in [0.2, 0.25) is 0 Å². The largest absolute Gasteiger partial charge is 0.336 e. The number of pyridine rings is 1. The van der Waals surface area contributed by atoms with Gasteiger partial charge in [-0.1, -0.05) is 41.9 Å². The number of halogens is 1. The summed E-state index contributed by atoms with van der Waals surface area (Å²) < 4.78 is 1.68. The molecule has 0 unspecified atom stereocenters. The molecule has 0 fully saturated rings. The highest BCUT2D eigenvalue weighted by molar-refractivity contribution is 6.30. The van der Waals surface area contributed by atoms with Gasteiger partial charge in [-0.05, 0) is 35.9 Å². The number of nitrogens with zero attached hydrogens (tertiary/aromatic N) is 3. The quantitative estimate of drug-likeness (QED) is 0.590. The van der Waals surface area contributed by atoms with Crippen molar-refractivity contribution < 1.29 is 0 Å². The third-order valence-electron chi connectivity index (χ3n) is 4.04. The average Bonchev–Trinajstić information content (AvgIpc) is 2.67. The van der Waals surface area contributed by atoms with E-state index >= 15 is 0 Å². The second-order valence-electron chi connectivity index (χ2n) is 5.83. The van der Waals surface area contributed by atoms with Gasteiger partial charge >= 0.3 is 0 Å². The van der Waals surface area contributed by atoms with E-state index in [1.807, 2.05) is 42.5 Å². The van der Waals surface area contributed by atoms with Crippen LogP contribution < -0.4 is 10.9 Å². The van der Waals surface area contributed by atoms with E-state index in [9.17, 15) is 4.79 Å². The molecule has 1 N–H and O–H groups in total. The maximum absolute atomic E-state index is 13.0. The summed E-state index contributed by atoms with van der Waals surface area (Å²) in [6.07, 6.45) is 3.33. The monoisotopic (exact) mass is 362 g/mol. The fourth-order valence-corrected chi connectivity index (χ4v) is 2.89. The Morgan fingerprint density at radius 2 is 1.77 bits per heavy atom. The normalized spacial score (nSPS) is 10.8. The van der Waals surface area contributed by atoms with E-state index in [0.717, 1.165) is 11.3 Å². The first kappa shape index (κ1) is 16.3. The number of nitrogens with one attached hydrogen (secondary N) is 1. The van der Waals surface area contributed by atoms with E-state index in [0.29, 0.717) is 22.6 Å². The number of fused-ring (bicyclic) bond motifs is 1. The molecule has 0 aliphatic carbocycles. The lowest BCUT2D eigenvalue weighted by Gasteiger charge is -2.13. The van der Waals surface area contributed by atoms with Crippen LogP contribution >= 0.6 is 11.6 Å². The zero-order valence-corrected chi connectivity index (χ0v) is 14.5. The van der Waals surface area contributed by atoms with Gasteiger partial charge < -0.3 is 5.32 Å². The van der Waals surface area contributed by atoms with Crippen molar-refractivity contribution in [3.8, 4) is 0 Å². The maximum Gasteiger partial charge on any atom is 0.294 e. The van der Waals surface area contributed by atoms with E-state index < -0.39 is 0 Å². The molecule has 128 valence electrons. The highest BCUT2D eigenvalue weighted by atomic mass is 35.5. The zero-order chi connectivity index (χ0) is 17.9. The van der Waals surface area contributed by atoms with Crippen molar-refractivity contribution in [2.75, 3.05) is 5.32 Å².